The van der Waals surface area contributed by atoms with Crippen LogP contribution in [0.1, 0.15) is 116 Å². The number of nitrogens with zero attached hydrogens (tertiary/aromatic N) is 11. The van der Waals surface area contributed by atoms with Crippen LogP contribution in [0.2, 0.25) is 0 Å². The number of hydrogen-bond acceptors (Lipinski definition) is 22. The standard InChI is InChI=1S/C26H29FN4O3.C23H27N5O4.C22H26F3N5O4/c1-17-2-7-21(22(27)14-17)26(32)30-18-3-5-20(6-4-18)34-24-16-19(31-10-12-33-13-11-31)15-23-25(24)29-9-8-28-23;1-15-26-20(14-31-15)23(29)27-16-2-4-18(5-3-16)32-21-13-17(28-8-10-30-11-9-28)12-19-22(21)25-7-6-24-19;23-22(24,25)21(31)13-19(29-34-21)28-14-1-3-16(4-2-14)33-18-12-15(30-7-9-32-10-8-30)11-17-20(18)27-6-5-26-17/h2,7-9,14-16,18,20H,3-6,10-13H2,1H3,(H,30,32);6-7,12-14,16,18H,2-5,8-11H2,1H3,(H,27,29);5-6,11-12,14,16,31H,1-4,7-10,13H2,(H,28,29). The van der Waals surface area contributed by atoms with E-state index in [4.69, 9.17) is 32.8 Å². The summed E-state index contributed by atoms with van der Waals surface area (Å²) in [5.74, 6) is -1.60. The van der Waals surface area contributed by atoms with Gasteiger partial charge < -0.3 is 63.3 Å². The molecular formula is C71H82F4N14O11. The second kappa shape index (κ2) is 31.6. The van der Waals surface area contributed by atoms with Gasteiger partial charge in [-0.3, -0.25) is 29.5 Å². The molecule has 100 heavy (non-hydrogen) atoms. The van der Waals surface area contributed by atoms with E-state index in [0.717, 1.165) is 166 Å². The van der Waals surface area contributed by atoms with E-state index in [-0.39, 0.29) is 59.7 Å². The quantitative estimate of drug-likeness (QED) is 0.0737. The zero-order valence-corrected chi connectivity index (χ0v) is 55.8. The molecule has 0 radical (unpaired) electrons. The first kappa shape index (κ1) is 69.3. The molecule has 1 atom stereocenters. The van der Waals surface area contributed by atoms with Gasteiger partial charge in [0.2, 0.25) is 0 Å². The highest BCUT2D eigenvalue weighted by Crippen LogP contribution is 2.40. The number of hydroxylamine groups is 1. The number of benzene rings is 4. The maximum absolute atomic E-state index is 14.2. The number of halogens is 4. The predicted molar refractivity (Wildman–Crippen MR) is 362 cm³/mol. The molecule has 4 aliphatic heterocycles. The van der Waals surface area contributed by atoms with Crippen molar-refractivity contribution < 1.29 is 69.9 Å². The normalized spacial score (nSPS) is 23.9. The van der Waals surface area contributed by atoms with Crippen molar-refractivity contribution in [3.63, 3.8) is 0 Å². The van der Waals surface area contributed by atoms with Crippen LogP contribution in [0.25, 0.3) is 33.1 Å². The summed E-state index contributed by atoms with van der Waals surface area (Å²) in [7, 11) is 0. The van der Waals surface area contributed by atoms with Gasteiger partial charge in [-0.25, -0.2) is 34.6 Å². The Labute approximate surface area is 574 Å². The summed E-state index contributed by atoms with van der Waals surface area (Å²) in [6.45, 7) is 12.7. The van der Waals surface area contributed by atoms with Crippen LogP contribution in [0, 0.1) is 19.7 Å². The molecule has 8 aromatic rings. The lowest BCUT2D eigenvalue weighted by molar-refractivity contribution is -0.361. The molecule has 15 rings (SSSR count). The van der Waals surface area contributed by atoms with Crippen LogP contribution in [0.3, 0.4) is 0 Å². The smallest absolute Gasteiger partial charge is 0.445 e. The maximum atomic E-state index is 14.2. The van der Waals surface area contributed by atoms with E-state index in [1.807, 2.05) is 12.1 Å². The summed E-state index contributed by atoms with van der Waals surface area (Å²) in [6.07, 6.45) is 15.1. The topological polar surface area (TPSA) is 281 Å². The summed E-state index contributed by atoms with van der Waals surface area (Å²) in [4.78, 5) is 71.4. The number of anilines is 3. The molecule has 29 heteroatoms. The molecule has 4 saturated heterocycles. The van der Waals surface area contributed by atoms with Crippen LogP contribution >= 0.6 is 0 Å². The van der Waals surface area contributed by atoms with E-state index < -0.39 is 24.2 Å². The Morgan fingerprint density at radius 3 is 1.37 bits per heavy atom. The first-order chi connectivity index (χ1) is 48.5. The summed E-state index contributed by atoms with van der Waals surface area (Å²) >= 11 is 0. The van der Waals surface area contributed by atoms with Gasteiger partial charge in [-0.1, -0.05) is 6.07 Å². The van der Waals surface area contributed by atoms with Gasteiger partial charge in [-0.2, -0.15) is 13.2 Å². The highest BCUT2D eigenvalue weighted by molar-refractivity contribution is 5.95. The molecule has 1 unspecified atom stereocenters. The average molecular weight is 1380 g/mol. The zero-order valence-electron chi connectivity index (χ0n) is 55.8. The summed E-state index contributed by atoms with van der Waals surface area (Å²) in [5.41, 5.74) is 11.1. The third kappa shape index (κ3) is 17.2. The number of fused-ring (bicyclic) bond motifs is 3. The van der Waals surface area contributed by atoms with Gasteiger partial charge in [0.05, 0.1) is 92.5 Å². The van der Waals surface area contributed by atoms with Gasteiger partial charge in [-0.05, 0) is 120 Å². The number of oxazole rings is 1. The lowest BCUT2D eigenvalue weighted by Crippen LogP contribution is -2.45. The van der Waals surface area contributed by atoms with Crippen LogP contribution in [0.15, 0.2) is 107 Å². The third-order valence-electron chi connectivity index (χ3n) is 19.0. The Hall–Kier alpha value is -9.16. The number of amides is 2. The third-order valence-corrected chi connectivity index (χ3v) is 19.0. The van der Waals surface area contributed by atoms with Gasteiger partial charge in [0.15, 0.2) is 11.6 Å². The van der Waals surface area contributed by atoms with Gasteiger partial charge in [-0.15, -0.1) is 0 Å². The van der Waals surface area contributed by atoms with E-state index in [1.165, 1.54) is 12.3 Å². The second-order valence-electron chi connectivity index (χ2n) is 26.1. The number of carbonyl (C=O) groups excluding carboxylic acids is 2. The van der Waals surface area contributed by atoms with Gasteiger partial charge in [0, 0.05) is 131 Å². The van der Waals surface area contributed by atoms with Crippen molar-refractivity contribution in [2.24, 2.45) is 4.99 Å². The Morgan fingerprint density at radius 1 is 0.570 bits per heavy atom. The minimum Gasteiger partial charge on any atom is -0.488 e. The van der Waals surface area contributed by atoms with Crippen molar-refractivity contribution in [1.29, 1.82) is 0 Å². The minimum absolute atomic E-state index is 0.00340. The molecule has 4 N–H and O–H groups in total. The van der Waals surface area contributed by atoms with E-state index in [9.17, 15) is 32.3 Å². The molecule has 530 valence electrons. The fourth-order valence-corrected chi connectivity index (χ4v) is 13.5. The summed E-state index contributed by atoms with van der Waals surface area (Å²) in [5, 5.41) is 15.6. The minimum atomic E-state index is -4.90. The number of morpholine rings is 3. The lowest BCUT2D eigenvalue weighted by Gasteiger charge is -2.31. The number of aromatic nitrogens is 7. The Balaban J connectivity index is 0.000000134. The maximum Gasteiger partial charge on any atom is 0.445 e. The summed E-state index contributed by atoms with van der Waals surface area (Å²) in [6, 6.07) is 16.9. The number of hydrogen-bond donors (Lipinski definition) is 4. The van der Waals surface area contributed by atoms with Crippen LogP contribution in [-0.2, 0) is 19.0 Å². The van der Waals surface area contributed by atoms with Crippen molar-refractivity contribution in [3.8, 4) is 17.2 Å². The number of aliphatic imine (C=N–C) groups is 1. The molecule has 4 aromatic carbocycles. The first-order valence-electron chi connectivity index (χ1n) is 34.3. The van der Waals surface area contributed by atoms with Crippen LogP contribution in [0.5, 0.6) is 17.2 Å². The molecule has 3 saturated carbocycles. The Kier molecular flexibility index (Phi) is 21.9. The van der Waals surface area contributed by atoms with Crippen LogP contribution < -0.4 is 45.0 Å². The van der Waals surface area contributed by atoms with Crippen LogP contribution in [0.4, 0.5) is 34.6 Å². The monoisotopic (exact) mass is 1380 g/mol. The van der Waals surface area contributed by atoms with Gasteiger partial charge >= 0.3 is 6.18 Å². The highest BCUT2D eigenvalue weighted by atomic mass is 19.4. The van der Waals surface area contributed by atoms with E-state index in [2.05, 4.69) is 99.8 Å². The molecule has 25 nitrogen and oxygen atoms in total. The largest absolute Gasteiger partial charge is 0.488 e. The van der Waals surface area contributed by atoms with E-state index in [1.54, 1.807) is 63.2 Å². The molecule has 7 fully saturated rings. The van der Waals surface area contributed by atoms with Crippen molar-refractivity contribution >= 4 is 67.8 Å². The van der Waals surface area contributed by atoms with Crippen LogP contribution in [-0.4, -0.2) is 185 Å². The fourth-order valence-electron chi connectivity index (χ4n) is 13.5. The number of alkyl halides is 3. The number of nitrogens with one attached hydrogen (secondary N) is 3. The van der Waals surface area contributed by atoms with Crippen molar-refractivity contribution in [3.05, 3.63) is 127 Å². The molecule has 3 aliphatic carbocycles. The van der Waals surface area contributed by atoms with Gasteiger partial charge in [0.1, 0.15) is 51.7 Å². The van der Waals surface area contributed by atoms with Crippen molar-refractivity contribution in [2.45, 2.75) is 146 Å². The van der Waals surface area contributed by atoms with E-state index >= 15 is 0 Å². The second-order valence-corrected chi connectivity index (χ2v) is 26.1. The van der Waals surface area contributed by atoms with E-state index in [0.29, 0.717) is 75.0 Å². The van der Waals surface area contributed by atoms with Crippen molar-refractivity contribution in [1.82, 2.24) is 51.0 Å². The molecule has 0 spiro atoms. The number of carbonyl (C=O) groups is 2. The number of aliphatic hydroxyl groups is 1. The molecular weight excluding hydrogens is 1300 g/mol. The number of aryl methyl sites for hydroxylation is 2. The Bertz CT molecular complexity index is 4150. The average Bonchev–Trinajstić information content (AvgIpc) is 1.22. The molecule has 8 heterocycles. The highest BCUT2D eigenvalue weighted by Gasteiger charge is 2.60. The number of rotatable bonds is 14. The molecule has 2 amide bonds. The Morgan fingerprint density at radius 2 is 0.980 bits per heavy atom. The first-order valence-corrected chi connectivity index (χ1v) is 34.3. The number of amidine groups is 1. The predicted octanol–water partition coefficient (Wildman–Crippen LogP) is 9.65. The zero-order chi connectivity index (χ0) is 69.2. The molecule has 7 aliphatic rings. The fraction of sp³-hybridized carbons (Fsp3) is 0.493. The molecule has 0 bridgehead atoms. The van der Waals surface area contributed by atoms with Crippen molar-refractivity contribution in [2.75, 3.05) is 93.6 Å². The summed E-state index contributed by atoms with van der Waals surface area (Å²) < 4.78 is 93.7. The van der Waals surface area contributed by atoms with Gasteiger partial charge in [0.25, 0.3) is 17.6 Å². The SMILES string of the molecule is Cc1ccc(C(=O)NC2CCC(Oc3cc(N4CCOCC4)cc4nccnc34)CC2)c(F)c1.Cc1nc(C(=O)NC2CCC(Oc3cc(N4CCOCC4)cc4nccnc34)CC2)co1.OC1(C(F)(F)F)CC(=NC2CCC(Oc3cc(N4CCOCC4)cc4nccnc34)CC2)NO1. The lowest BCUT2D eigenvalue weighted by atomic mass is 9.92. The molecule has 4 aromatic heterocycles. The number of ether oxygens (including phenoxy) is 6.